The highest BCUT2D eigenvalue weighted by molar-refractivity contribution is 7.87. The molecule has 6 aliphatic heterocycles. The Morgan fingerprint density at radius 3 is 0.897 bits per heavy atom. The number of carbonyl (C=O) groups is 1. The highest BCUT2D eigenvalue weighted by Gasteiger charge is 2.53. The summed E-state index contributed by atoms with van der Waals surface area (Å²) in [5.74, 6) is 0.0541. The molecule has 0 unspecified atom stereocenters. The molecule has 0 spiro atoms. The SMILES string of the molecule is C=[N-].CCc1ccc(C)cc1.CCc1ccc(C23CCC(CC#N)(CC2)CO3)cc1.CCc1ccc(C23CCC(CC)(CC2)CO3)cc1.CCc1ccc(C23CCC(COS(=O)(=O)c4ccc(C)cc4)(CC2)CO3)cc1.Cc1ccc(S(=O)(=O)OCC2(COS(=O)(=O)c3ccc(C)cc3)CCC(=O)CC2)cc1. The van der Waals surface area contributed by atoms with Crippen LogP contribution in [0.15, 0.2) is 185 Å². The first-order chi connectivity index (χ1) is 51.1. The Bertz CT molecular complexity index is 4260. The summed E-state index contributed by atoms with van der Waals surface area (Å²) in [6.45, 7) is 23.0. The molecule has 4 aliphatic carbocycles. The van der Waals surface area contributed by atoms with E-state index in [1.807, 2.05) is 20.8 Å². The smallest absolute Gasteiger partial charge is 0.296 e. The van der Waals surface area contributed by atoms with E-state index >= 15 is 0 Å². The van der Waals surface area contributed by atoms with E-state index in [1.54, 1.807) is 48.5 Å². The van der Waals surface area contributed by atoms with Gasteiger partial charge in [0.05, 0.1) is 77.2 Å². The number of carbonyl (C=O) groups excluding carboxylic acids is 1. The van der Waals surface area contributed by atoms with Crippen molar-refractivity contribution in [2.75, 3.05) is 39.6 Å². The van der Waals surface area contributed by atoms with E-state index in [1.165, 1.54) is 101 Å². The largest absolute Gasteiger partial charge is 0.817 e. The summed E-state index contributed by atoms with van der Waals surface area (Å²) in [5.41, 5.74) is 13.0. The van der Waals surface area contributed by atoms with Crippen LogP contribution in [0.25, 0.3) is 5.41 Å². The lowest BCUT2D eigenvalue weighted by Gasteiger charge is -2.53. The molecule has 0 atom stereocenters. The van der Waals surface area contributed by atoms with Crippen LogP contribution in [0.3, 0.4) is 0 Å². The van der Waals surface area contributed by atoms with Crippen LogP contribution >= 0.6 is 0 Å². The molecule has 7 aromatic rings. The molecule has 6 saturated heterocycles. The molecule has 0 radical (unpaired) electrons. The van der Waals surface area contributed by atoms with Gasteiger partial charge in [0.2, 0.25) is 0 Å². The summed E-state index contributed by atoms with van der Waals surface area (Å²) in [5, 5.41) is 15.7. The molecule has 6 heterocycles. The van der Waals surface area contributed by atoms with Crippen LogP contribution < -0.4 is 0 Å². The molecular weight excluding hydrogens is 1400 g/mol. The number of nitriles is 1. The average Bonchev–Trinajstić information content (AvgIpc) is 0.760. The summed E-state index contributed by atoms with van der Waals surface area (Å²) in [7, 11) is -11.8. The van der Waals surface area contributed by atoms with Crippen molar-refractivity contribution in [3.63, 3.8) is 0 Å². The van der Waals surface area contributed by atoms with E-state index in [9.17, 15) is 30.0 Å². The first-order valence-corrected chi connectivity index (χ1v) is 42.7. The van der Waals surface area contributed by atoms with Crippen molar-refractivity contribution < 1.29 is 56.8 Å². The summed E-state index contributed by atoms with van der Waals surface area (Å²) in [4.78, 5) is 12.0. The van der Waals surface area contributed by atoms with Crippen LogP contribution in [0.4, 0.5) is 0 Å². The van der Waals surface area contributed by atoms with Crippen LogP contribution in [-0.2, 0) is 104 Å². The van der Waals surface area contributed by atoms with Gasteiger partial charge in [0.15, 0.2) is 0 Å². The first-order valence-electron chi connectivity index (χ1n) is 38.5. The molecule has 0 N–H and O–H groups in total. The highest BCUT2D eigenvalue weighted by Crippen LogP contribution is 2.57. The summed E-state index contributed by atoms with van der Waals surface area (Å²) < 4.78 is 110. The number of hydrogen-bond acceptors (Lipinski definition) is 14. The van der Waals surface area contributed by atoms with E-state index in [2.05, 4.69) is 151 Å². The van der Waals surface area contributed by atoms with Crippen molar-refractivity contribution in [3.8, 4) is 6.07 Å². The average molecular weight is 1520 g/mol. The maximum absolute atomic E-state index is 12.6. The number of ketones is 1. The molecular formula is C89H113N2O13S3-. The van der Waals surface area contributed by atoms with E-state index in [-0.39, 0.29) is 80.8 Å². The predicted molar refractivity (Wildman–Crippen MR) is 423 cm³/mol. The van der Waals surface area contributed by atoms with Gasteiger partial charge < -0.3 is 19.6 Å². The summed E-state index contributed by atoms with van der Waals surface area (Å²) in [6.07, 6.45) is 20.5. The van der Waals surface area contributed by atoms with Gasteiger partial charge in [-0.2, -0.15) is 30.5 Å². The Morgan fingerprint density at radius 1 is 0.374 bits per heavy atom. The van der Waals surface area contributed by atoms with Gasteiger partial charge in [-0.1, -0.05) is 190 Å². The third-order valence-corrected chi connectivity index (χ3v) is 27.9. The van der Waals surface area contributed by atoms with Crippen LogP contribution in [0, 0.1) is 60.7 Å². The molecule has 15 nitrogen and oxygen atoms in total. The van der Waals surface area contributed by atoms with Gasteiger partial charge in [0.1, 0.15) is 5.78 Å². The third kappa shape index (κ3) is 21.1. The van der Waals surface area contributed by atoms with E-state index < -0.39 is 35.8 Å². The van der Waals surface area contributed by atoms with Gasteiger partial charge in [-0.15, -0.1) is 0 Å². The van der Waals surface area contributed by atoms with Crippen molar-refractivity contribution in [1.82, 2.24) is 0 Å². The quantitative estimate of drug-likeness (QED) is 0.0482. The molecule has 17 rings (SSSR count). The molecule has 18 heteroatoms. The zero-order valence-corrected chi connectivity index (χ0v) is 67.0. The van der Waals surface area contributed by atoms with Crippen LogP contribution in [0.5, 0.6) is 0 Å². The van der Waals surface area contributed by atoms with Gasteiger partial charge >= 0.3 is 0 Å². The fraction of sp³-hybridized carbons (Fsp3) is 0.494. The molecule has 576 valence electrons. The lowest BCUT2D eigenvalue weighted by Crippen LogP contribution is -2.51. The van der Waals surface area contributed by atoms with Gasteiger partial charge in [0, 0.05) is 35.5 Å². The second-order valence-corrected chi connectivity index (χ2v) is 36.0. The number of aryl methyl sites for hydroxylation is 8. The first kappa shape index (κ1) is 84.0. The van der Waals surface area contributed by atoms with Crippen molar-refractivity contribution in [1.29, 1.82) is 5.26 Å². The van der Waals surface area contributed by atoms with E-state index in [0.717, 1.165) is 107 Å². The molecule has 0 aromatic heterocycles. The molecule has 0 amide bonds. The van der Waals surface area contributed by atoms with E-state index in [0.29, 0.717) is 31.3 Å². The summed E-state index contributed by atoms with van der Waals surface area (Å²) >= 11 is 0. The summed E-state index contributed by atoms with van der Waals surface area (Å²) in [6, 6.07) is 57.1. The number of nitrogens with zero attached hydrogens (tertiary/aromatic N) is 2. The maximum Gasteiger partial charge on any atom is 0.296 e. The molecule has 10 aliphatic rings. The number of benzene rings is 7. The number of Topliss-reactive ketones (excluding diaryl/α,β-unsaturated/α-hetero) is 1. The lowest BCUT2D eigenvalue weighted by atomic mass is 9.63. The number of rotatable bonds is 21. The van der Waals surface area contributed by atoms with Crippen LogP contribution in [0.2, 0.25) is 0 Å². The Balaban J connectivity index is 0.000000160. The Kier molecular flexibility index (Phi) is 28.8. The second-order valence-electron chi connectivity index (χ2n) is 31.2. The third-order valence-electron chi connectivity index (χ3n) is 24.1. The number of fused-ring (bicyclic) bond motifs is 9. The van der Waals surface area contributed by atoms with Crippen molar-refractivity contribution in [3.05, 3.63) is 236 Å². The minimum atomic E-state index is -4.03. The second kappa shape index (κ2) is 36.7. The maximum atomic E-state index is 12.6. The lowest BCUT2D eigenvalue weighted by molar-refractivity contribution is -0.197. The monoisotopic (exact) mass is 1510 g/mol. The minimum absolute atomic E-state index is 0.0216. The zero-order chi connectivity index (χ0) is 77.2. The van der Waals surface area contributed by atoms with Crippen molar-refractivity contribution in [2.45, 2.75) is 235 Å². The standard InChI is InChI=1S/C23H28O4S.C22H26O7S2.C17H21NO.C17H24O.C9H12.CH2N/c1-3-19-6-8-20(9-7-19)23-14-12-22(13-15-23,16-26-23)17-27-28(24,25)21-10-4-18(2)5-11-21;1-17-3-7-20(8-4-17)30(24,25)28-15-22(13-11-19(23)12-14-22)16-29-31(26,27)21-9-5-18(2)6-10-21;1-2-14-3-5-15(6-4-14)17-9-7-16(8-10-17,11-12-18)13-19-17;1-3-14-5-7-15(8-6-14)17-11-9-16(4-2,10-12-17)13-18-17;1-3-9-6-4-8(2)5-7-9;1-2/h4-11H,3,12-17H2,1-2H3;3-10H,11-16H2,1-2H3;3-6H,2,7-11,13H2,1H3;5-8H,3-4,9-13H2,1-2H3;4-7H,3H2,1-2H3;1H2/q;;;;;-1. The molecule has 107 heavy (non-hydrogen) atoms. The predicted octanol–water partition coefficient (Wildman–Crippen LogP) is 19.5. The van der Waals surface area contributed by atoms with Gasteiger partial charge in [-0.05, 0) is 230 Å². The Labute approximate surface area is 639 Å². The fourth-order valence-electron chi connectivity index (χ4n) is 15.7. The van der Waals surface area contributed by atoms with Gasteiger partial charge in [-0.3, -0.25) is 17.3 Å². The number of hydrogen-bond donors (Lipinski definition) is 0. The van der Waals surface area contributed by atoms with Crippen molar-refractivity contribution in [2.24, 2.45) is 21.7 Å². The number of ether oxygens (including phenoxy) is 3. The van der Waals surface area contributed by atoms with Gasteiger partial charge in [-0.25, -0.2) is 6.72 Å². The highest BCUT2D eigenvalue weighted by atomic mass is 32.2. The fourth-order valence-corrected chi connectivity index (χ4v) is 18.7. The Morgan fingerprint density at radius 2 is 0.636 bits per heavy atom. The minimum Gasteiger partial charge on any atom is -0.817 e. The van der Waals surface area contributed by atoms with Crippen molar-refractivity contribution >= 4 is 42.9 Å². The molecule has 7 aromatic carbocycles. The molecule has 6 bridgehead atoms. The normalized spacial score (nSPS) is 24.5. The topological polar surface area (TPSA) is 221 Å². The van der Waals surface area contributed by atoms with Crippen LogP contribution in [-0.4, -0.2) is 77.4 Å². The zero-order valence-electron chi connectivity index (χ0n) is 64.6. The molecule has 10 fully saturated rings. The Hall–Kier alpha value is -7.02. The van der Waals surface area contributed by atoms with E-state index in [4.69, 9.17) is 37.4 Å². The van der Waals surface area contributed by atoms with Gasteiger partial charge in [0.25, 0.3) is 30.4 Å². The molecule has 4 saturated carbocycles. The van der Waals surface area contributed by atoms with Crippen LogP contribution in [0.1, 0.15) is 211 Å².